The van der Waals surface area contributed by atoms with Crippen LogP contribution in [0.1, 0.15) is 89.2 Å². The third kappa shape index (κ3) is 8.74. The fourth-order valence-corrected chi connectivity index (χ4v) is 4.05. The normalized spacial score (nSPS) is 16.8. The predicted molar refractivity (Wildman–Crippen MR) is 116 cm³/mol. The zero-order valence-electron chi connectivity index (χ0n) is 17.7. The molecule has 2 atom stereocenters. The largest absolute Gasteiger partial charge is 0.386 e. The predicted octanol–water partition coefficient (Wildman–Crippen LogP) is 4.83. The maximum Gasteiger partial charge on any atom is 0.220 e. The monoisotopic (exact) mass is 388 g/mol. The van der Waals surface area contributed by atoms with Crippen molar-refractivity contribution in [3.63, 3.8) is 0 Å². The number of hydrogen-bond acceptors (Lipinski definition) is 3. The van der Waals surface area contributed by atoms with Gasteiger partial charge in [-0.25, -0.2) is 0 Å². The van der Waals surface area contributed by atoms with E-state index in [4.69, 9.17) is 0 Å². The molecule has 1 amide bonds. The second kappa shape index (κ2) is 13.7. The van der Waals surface area contributed by atoms with Gasteiger partial charge in [-0.15, -0.1) is 0 Å². The van der Waals surface area contributed by atoms with Crippen LogP contribution in [0.2, 0.25) is 0 Å². The average molecular weight is 389 g/mol. The summed E-state index contributed by atoms with van der Waals surface area (Å²) in [6.45, 7) is 5.08. The van der Waals surface area contributed by atoms with Crippen molar-refractivity contribution in [2.45, 2.75) is 89.7 Å². The summed E-state index contributed by atoms with van der Waals surface area (Å²) in [5, 5.41) is 14.0. The van der Waals surface area contributed by atoms with Gasteiger partial charge in [-0.3, -0.25) is 4.79 Å². The van der Waals surface area contributed by atoms with Crippen molar-refractivity contribution in [3.05, 3.63) is 35.9 Å². The Kier molecular flexibility index (Phi) is 11.2. The molecular weight excluding hydrogens is 348 g/mol. The van der Waals surface area contributed by atoms with Gasteiger partial charge in [0.2, 0.25) is 5.91 Å². The Morgan fingerprint density at radius 1 is 1.00 bits per heavy atom. The van der Waals surface area contributed by atoms with Gasteiger partial charge in [0.05, 0.1) is 6.04 Å². The number of benzene rings is 1. The van der Waals surface area contributed by atoms with Gasteiger partial charge < -0.3 is 15.3 Å². The third-order valence-electron chi connectivity index (χ3n) is 5.78. The summed E-state index contributed by atoms with van der Waals surface area (Å²) in [6.07, 6.45) is 12.2. The topological polar surface area (TPSA) is 52.6 Å². The summed E-state index contributed by atoms with van der Waals surface area (Å²) >= 11 is 0. The molecule has 1 aliphatic heterocycles. The fourth-order valence-electron chi connectivity index (χ4n) is 4.05. The van der Waals surface area contributed by atoms with E-state index in [9.17, 15) is 9.90 Å². The molecule has 0 radical (unpaired) electrons. The summed E-state index contributed by atoms with van der Waals surface area (Å²) in [5.74, 6) is 0.0742. The number of hydrogen-bond donors (Lipinski definition) is 2. The summed E-state index contributed by atoms with van der Waals surface area (Å²) in [6, 6.07) is 9.45. The van der Waals surface area contributed by atoms with Gasteiger partial charge in [0.15, 0.2) is 0 Å². The lowest BCUT2D eigenvalue weighted by atomic mass is 10.0. The molecular formula is C24H40N2O2. The van der Waals surface area contributed by atoms with E-state index in [1.165, 1.54) is 51.4 Å². The Balaban J connectivity index is 1.74. The Hall–Kier alpha value is -1.39. The van der Waals surface area contributed by atoms with Crippen molar-refractivity contribution >= 4 is 5.91 Å². The van der Waals surface area contributed by atoms with E-state index >= 15 is 0 Å². The van der Waals surface area contributed by atoms with E-state index in [1.54, 1.807) is 0 Å². The quantitative estimate of drug-likeness (QED) is 0.449. The average Bonchev–Trinajstić information content (AvgIpc) is 3.23. The van der Waals surface area contributed by atoms with Gasteiger partial charge in [0.1, 0.15) is 6.10 Å². The lowest BCUT2D eigenvalue weighted by Crippen LogP contribution is -2.46. The highest BCUT2D eigenvalue weighted by atomic mass is 16.3. The maximum absolute atomic E-state index is 12.5. The number of rotatable bonds is 14. The first-order valence-electron chi connectivity index (χ1n) is 11.5. The molecule has 2 unspecified atom stereocenters. The second-order valence-electron chi connectivity index (χ2n) is 8.26. The van der Waals surface area contributed by atoms with Crippen LogP contribution in [0.4, 0.5) is 0 Å². The lowest BCUT2D eigenvalue weighted by Gasteiger charge is -2.28. The van der Waals surface area contributed by atoms with Crippen LogP contribution in [0.3, 0.4) is 0 Å². The van der Waals surface area contributed by atoms with E-state index < -0.39 is 6.10 Å². The molecule has 2 rings (SSSR count). The first kappa shape index (κ1) is 22.9. The van der Waals surface area contributed by atoms with Gasteiger partial charge in [0, 0.05) is 13.0 Å². The minimum absolute atomic E-state index is 0.0742. The minimum atomic E-state index is -0.663. The molecule has 0 bridgehead atoms. The Morgan fingerprint density at radius 2 is 1.61 bits per heavy atom. The minimum Gasteiger partial charge on any atom is -0.386 e. The van der Waals surface area contributed by atoms with E-state index in [0.29, 0.717) is 6.42 Å². The standard InChI is InChI=1S/C24H40N2O2/c1-2-3-4-5-6-7-8-12-17-23(27)25-22(20-26-18-13-14-19-26)24(28)21-15-10-9-11-16-21/h9-11,15-16,22,24,28H,2-8,12-14,17-20H2,1H3,(H,25,27). The number of carbonyl (C=O) groups is 1. The molecule has 1 heterocycles. The van der Waals surface area contributed by atoms with Crippen LogP contribution in [-0.2, 0) is 4.79 Å². The lowest BCUT2D eigenvalue weighted by molar-refractivity contribution is -0.123. The summed E-state index contributed by atoms with van der Waals surface area (Å²) in [5.41, 5.74) is 0.874. The highest BCUT2D eigenvalue weighted by Gasteiger charge is 2.26. The van der Waals surface area contributed by atoms with Crippen molar-refractivity contribution in [2.24, 2.45) is 0 Å². The number of carbonyl (C=O) groups excluding carboxylic acids is 1. The molecule has 4 heteroatoms. The van der Waals surface area contributed by atoms with E-state index in [0.717, 1.165) is 38.0 Å². The molecule has 0 aromatic heterocycles. The number of nitrogens with zero attached hydrogens (tertiary/aromatic N) is 1. The van der Waals surface area contributed by atoms with Crippen molar-refractivity contribution in [1.29, 1.82) is 0 Å². The molecule has 158 valence electrons. The molecule has 0 aliphatic carbocycles. The number of amides is 1. The third-order valence-corrected chi connectivity index (χ3v) is 5.78. The first-order valence-corrected chi connectivity index (χ1v) is 11.5. The molecule has 1 aromatic carbocycles. The molecule has 1 saturated heterocycles. The molecule has 4 nitrogen and oxygen atoms in total. The number of likely N-dealkylation sites (tertiary alicyclic amines) is 1. The van der Waals surface area contributed by atoms with Crippen LogP contribution in [0, 0.1) is 0 Å². The smallest absolute Gasteiger partial charge is 0.220 e. The number of nitrogens with one attached hydrogen (secondary N) is 1. The van der Waals surface area contributed by atoms with Crippen LogP contribution in [0.5, 0.6) is 0 Å². The van der Waals surface area contributed by atoms with Crippen LogP contribution in [0.15, 0.2) is 30.3 Å². The second-order valence-corrected chi connectivity index (χ2v) is 8.26. The SMILES string of the molecule is CCCCCCCCCCC(=O)NC(CN1CCCC1)C(O)c1ccccc1. The molecule has 1 aromatic rings. The van der Waals surface area contributed by atoms with Gasteiger partial charge in [-0.1, -0.05) is 82.2 Å². The molecule has 2 N–H and O–H groups in total. The maximum atomic E-state index is 12.5. The van der Waals surface area contributed by atoms with Crippen LogP contribution < -0.4 is 5.32 Å². The Morgan fingerprint density at radius 3 is 2.25 bits per heavy atom. The van der Waals surface area contributed by atoms with E-state index in [2.05, 4.69) is 17.1 Å². The highest BCUT2D eigenvalue weighted by molar-refractivity contribution is 5.76. The van der Waals surface area contributed by atoms with Crippen molar-refractivity contribution in [3.8, 4) is 0 Å². The first-order chi connectivity index (χ1) is 13.7. The van der Waals surface area contributed by atoms with Crippen LogP contribution in [-0.4, -0.2) is 41.6 Å². The van der Waals surface area contributed by atoms with Gasteiger partial charge in [-0.05, 0) is 37.9 Å². The number of aliphatic hydroxyl groups excluding tert-OH is 1. The van der Waals surface area contributed by atoms with E-state index in [-0.39, 0.29) is 11.9 Å². The summed E-state index contributed by atoms with van der Waals surface area (Å²) in [7, 11) is 0. The van der Waals surface area contributed by atoms with E-state index in [1.807, 2.05) is 30.3 Å². The van der Waals surface area contributed by atoms with Crippen molar-refractivity contribution < 1.29 is 9.90 Å². The zero-order valence-corrected chi connectivity index (χ0v) is 17.7. The van der Waals surface area contributed by atoms with Crippen molar-refractivity contribution in [1.82, 2.24) is 10.2 Å². The molecule has 1 aliphatic rings. The van der Waals surface area contributed by atoms with Gasteiger partial charge in [-0.2, -0.15) is 0 Å². The van der Waals surface area contributed by atoms with Crippen molar-refractivity contribution in [2.75, 3.05) is 19.6 Å². The molecule has 28 heavy (non-hydrogen) atoms. The van der Waals surface area contributed by atoms with Crippen LogP contribution >= 0.6 is 0 Å². The Bertz CT molecular complexity index is 529. The molecule has 1 fully saturated rings. The number of unbranched alkanes of at least 4 members (excludes halogenated alkanes) is 7. The van der Waals surface area contributed by atoms with Gasteiger partial charge in [0.25, 0.3) is 0 Å². The number of aliphatic hydroxyl groups is 1. The summed E-state index contributed by atoms with van der Waals surface area (Å²) in [4.78, 5) is 14.9. The van der Waals surface area contributed by atoms with Gasteiger partial charge >= 0.3 is 0 Å². The molecule has 0 saturated carbocycles. The fraction of sp³-hybridized carbons (Fsp3) is 0.708. The Labute approximate surface area is 171 Å². The summed E-state index contributed by atoms with van der Waals surface area (Å²) < 4.78 is 0. The van der Waals surface area contributed by atoms with Crippen LogP contribution in [0.25, 0.3) is 0 Å². The highest BCUT2D eigenvalue weighted by Crippen LogP contribution is 2.19. The zero-order chi connectivity index (χ0) is 20.0. The molecule has 0 spiro atoms.